The van der Waals surface area contributed by atoms with E-state index in [2.05, 4.69) is 48.4 Å². The number of thiazole rings is 1. The summed E-state index contributed by atoms with van der Waals surface area (Å²) >= 11 is 1.49. The summed E-state index contributed by atoms with van der Waals surface area (Å²) in [6, 6.07) is 8.38. The molecule has 0 spiro atoms. The molecule has 1 N–H and O–H groups in total. The fourth-order valence-corrected chi connectivity index (χ4v) is 4.39. The molecule has 3 rings (SSSR count). The highest BCUT2D eigenvalue weighted by atomic mass is 32.1. The molecule has 6 nitrogen and oxygen atoms in total. The van der Waals surface area contributed by atoms with Crippen LogP contribution in [0, 0.1) is 5.92 Å². The quantitative estimate of drug-likeness (QED) is 0.645. The maximum atomic E-state index is 12.9. The van der Waals surface area contributed by atoms with Crippen molar-refractivity contribution in [3.8, 4) is 10.6 Å². The van der Waals surface area contributed by atoms with Crippen LogP contribution in [0.15, 0.2) is 29.6 Å². The van der Waals surface area contributed by atoms with Gasteiger partial charge in [0.2, 0.25) is 5.91 Å². The number of carbonyl (C=O) groups excluding carboxylic acids is 2. The predicted molar refractivity (Wildman–Crippen MR) is 120 cm³/mol. The fraction of sp³-hybridized carbons (Fsp3) is 0.522. The van der Waals surface area contributed by atoms with E-state index < -0.39 is 0 Å². The molecule has 0 unspecified atom stereocenters. The zero-order valence-electron chi connectivity index (χ0n) is 18.0. The average molecular weight is 430 g/mol. The first-order chi connectivity index (χ1) is 14.5. The molecule has 1 aliphatic heterocycles. The van der Waals surface area contributed by atoms with Crippen LogP contribution in [0.3, 0.4) is 0 Å². The molecule has 1 aromatic heterocycles. The van der Waals surface area contributed by atoms with Gasteiger partial charge >= 0.3 is 0 Å². The van der Waals surface area contributed by atoms with Crippen molar-refractivity contribution in [2.75, 3.05) is 33.4 Å². The Morgan fingerprint density at radius 3 is 2.57 bits per heavy atom. The molecule has 1 fully saturated rings. The molecule has 2 aromatic rings. The minimum Gasteiger partial charge on any atom is -0.385 e. The predicted octanol–water partition coefficient (Wildman–Crippen LogP) is 3.94. The third-order valence-corrected chi connectivity index (χ3v) is 6.42. The van der Waals surface area contributed by atoms with Gasteiger partial charge in [-0.2, -0.15) is 0 Å². The summed E-state index contributed by atoms with van der Waals surface area (Å²) in [5.74, 6) is 0.499. The van der Waals surface area contributed by atoms with Crippen LogP contribution in [0.4, 0.5) is 0 Å². The Morgan fingerprint density at radius 2 is 1.93 bits per heavy atom. The zero-order chi connectivity index (χ0) is 21.5. The monoisotopic (exact) mass is 429 g/mol. The lowest BCUT2D eigenvalue weighted by atomic mass is 9.95. The summed E-state index contributed by atoms with van der Waals surface area (Å²) in [5, 5.41) is 5.66. The highest BCUT2D eigenvalue weighted by Crippen LogP contribution is 2.27. The average Bonchev–Trinajstić information content (AvgIpc) is 3.26. The van der Waals surface area contributed by atoms with Crippen molar-refractivity contribution in [3.63, 3.8) is 0 Å². The van der Waals surface area contributed by atoms with Crippen LogP contribution in [0.25, 0.3) is 10.6 Å². The molecule has 2 heterocycles. The van der Waals surface area contributed by atoms with E-state index in [-0.39, 0.29) is 17.7 Å². The molecule has 2 amide bonds. The first-order valence-electron chi connectivity index (χ1n) is 10.6. The van der Waals surface area contributed by atoms with Crippen molar-refractivity contribution in [3.05, 3.63) is 40.9 Å². The van der Waals surface area contributed by atoms with Crippen molar-refractivity contribution in [2.45, 2.75) is 39.0 Å². The summed E-state index contributed by atoms with van der Waals surface area (Å²) in [5.41, 5.74) is 2.81. The molecular weight excluding hydrogens is 398 g/mol. The van der Waals surface area contributed by atoms with Gasteiger partial charge in [0.25, 0.3) is 5.91 Å². The third-order valence-electron chi connectivity index (χ3n) is 5.53. The van der Waals surface area contributed by atoms with Crippen molar-refractivity contribution < 1.29 is 14.3 Å². The zero-order valence-corrected chi connectivity index (χ0v) is 18.8. The van der Waals surface area contributed by atoms with E-state index in [4.69, 9.17) is 4.74 Å². The Labute approximate surface area is 182 Å². The first-order valence-corrected chi connectivity index (χ1v) is 11.5. The van der Waals surface area contributed by atoms with Crippen LogP contribution in [-0.2, 0) is 9.53 Å². The van der Waals surface area contributed by atoms with Crippen molar-refractivity contribution in [1.82, 2.24) is 15.2 Å². The number of nitrogens with one attached hydrogen (secondary N) is 1. The summed E-state index contributed by atoms with van der Waals surface area (Å²) in [7, 11) is 1.66. The van der Waals surface area contributed by atoms with Crippen LogP contribution in [-0.4, -0.2) is 55.0 Å². The molecule has 1 aliphatic rings. The van der Waals surface area contributed by atoms with Gasteiger partial charge < -0.3 is 15.0 Å². The number of hydrogen-bond donors (Lipinski definition) is 1. The summed E-state index contributed by atoms with van der Waals surface area (Å²) in [6.45, 7) is 6.79. The SMILES string of the molecule is COCCCNC(=O)C1CCN(C(=O)c2csc(-c3ccc(C(C)C)cc3)n2)CC1. The molecule has 30 heavy (non-hydrogen) atoms. The fourth-order valence-electron chi connectivity index (χ4n) is 3.59. The van der Waals surface area contributed by atoms with Gasteiger partial charge in [-0.1, -0.05) is 38.1 Å². The Hall–Kier alpha value is -2.25. The molecular formula is C23H31N3O3S. The highest BCUT2D eigenvalue weighted by molar-refractivity contribution is 7.13. The number of benzene rings is 1. The largest absolute Gasteiger partial charge is 0.385 e. The third kappa shape index (κ3) is 5.67. The number of hydrogen-bond acceptors (Lipinski definition) is 5. The topological polar surface area (TPSA) is 71.5 Å². The second-order valence-corrected chi connectivity index (χ2v) is 8.88. The lowest BCUT2D eigenvalue weighted by Gasteiger charge is -2.30. The number of methoxy groups -OCH3 is 1. The summed E-state index contributed by atoms with van der Waals surface area (Å²) < 4.78 is 5.00. The minimum atomic E-state index is -0.0461. The molecule has 0 bridgehead atoms. The van der Waals surface area contributed by atoms with E-state index in [0.29, 0.717) is 50.7 Å². The Morgan fingerprint density at radius 1 is 1.23 bits per heavy atom. The number of rotatable bonds is 8. The van der Waals surface area contributed by atoms with E-state index in [1.807, 2.05) is 10.3 Å². The van der Waals surface area contributed by atoms with Gasteiger partial charge in [-0.05, 0) is 30.7 Å². The van der Waals surface area contributed by atoms with Gasteiger partial charge in [0.1, 0.15) is 10.7 Å². The number of piperidine rings is 1. The number of amides is 2. The molecule has 1 aromatic carbocycles. The van der Waals surface area contributed by atoms with Gasteiger partial charge in [0.15, 0.2) is 0 Å². The smallest absolute Gasteiger partial charge is 0.273 e. The molecule has 0 aliphatic carbocycles. The molecule has 7 heteroatoms. The molecule has 0 radical (unpaired) electrons. The Kier molecular flexibility index (Phi) is 7.99. The van der Waals surface area contributed by atoms with Crippen molar-refractivity contribution in [2.24, 2.45) is 5.92 Å². The van der Waals surface area contributed by atoms with Crippen LogP contribution < -0.4 is 5.32 Å². The van der Waals surface area contributed by atoms with Gasteiger partial charge in [0, 0.05) is 50.2 Å². The van der Waals surface area contributed by atoms with Crippen LogP contribution in [0.1, 0.15) is 55.1 Å². The highest BCUT2D eigenvalue weighted by Gasteiger charge is 2.28. The van der Waals surface area contributed by atoms with Gasteiger partial charge in [0.05, 0.1) is 0 Å². The number of carbonyl (C=O) groups is 2. The lowest BCUT2D eigenvalue weighted by Crippen LogP contribution is -2.43. The Bertz CT molecular complexity index is 840. The molecule has 162 valence electrons. The minimum absolute atomic E-state index is 0.0259. The van der Waals surface area contributed by atoms with E-state index in [1.54, 1.807) is 7.11 Å². The molecule has 0 saturated carbocycles. The Balaban J connectivity index is 1.52. The number of aromatic nitrogens is 1. The van der Waals surface area contributed by atoms with Crippen LogP contribution in [0.2, 0.25) is 0 Å². The van der Waals surface area contributed by atoms with Crippen LogP contribution >= 0.6 is 11.3 Å². The van der Waals surface area contributed by atoms with Crippen molar-refractivity contribution in [1.29, 1.82) is 0 Å². The number of nitrogens with zero attached hydrogens (tertiary/aromatic N) is 2. The first kappa shape index (κ1) is 22.4. The molecule has 0 atom stereocenters. The maximum Gasteiger partial charge on any atom is 0.273 e. The lowest BCUT2D eigenvalue weighted by molar-refractivity contribution is -0.126. The van der Waals surface area contributed by atoms with Crippen molar-refractivity contribution >= 4 is 23.2 Å². The maximum absolute atomic E-state index is 12.9. The standard InChI is InChI=1S/C23H31N3O3S/c1-16(2)17-5-7-19(8-6-17)22-25-20(15-30-22)23(28)26-12-9-18(10-13-26)21(27)24-11-4-14-29-3/h5-8,15-16,18H,4,9-14H2,1-3H3,(H,24,27). The van der Waals surface area contributed by atoms with Gasteiger partial charge in [-0.25, -0.2) is 4.98 Å². The molecule has 1 saturated heterocycles. The van der Waals surface area contributed by atoms with Gasteiger partial charge in [-0.3, -0.25) is 9.59 Å². The summed E-state index contributed by atoms with van der Waals surface area (Å²) in [4.78, 5) is 31.5. The van der Waals surface area contributed by atoms with E-state index in [0.717, 1.165) is 17.0 Å². The number of ether oxygens (including phenoxy) is 1. The van der Waals surface area contributed by atoms with E-state index >= 15 is 0 Å². The van der Waals surface area contributed by atoms with E-state index in [9.17, 15) is 9.59 Å². The number of likely N-dealkylation sites (tertiary alicyclic amines) is 1. The summed E-state index contributed by atoms with van der Waals surface area (Å²) in [6.07, 6.45) is 2.19. The normalized spacial score (nSPS) is 14.9. The van der Waals surface area contributed by atoms with E-state index in [1.165, 1.54) is 16.9 Å². The second kappa shape index (κ2) is 10.7. The van der Waals surface area contributed by atoms with Gasteiger partial charge in [-0.15, -0.1) is 11.3 Å². The second-order valence-electron chi connectivity index (χ2n) is 8.02. The van der Waals surface area contributed by atoms with Crippen LogP contribution in [0.5, 0.6) is 0 Å².